The molecule has 2 unspecified atom stereocenters. The molecule has 4 nitrogen and oxygen atoms in total. The number of aliphatic hydroxyl groups excluding tert-OH is 1. The molecule has 20 heavy (non-hydrogen) atoms. The maximum Gasteiger partial charge on any atom is 0.243 e. The lowest BCUT2D eigenvalue weighted by Gasteiger charge is -2.36. The first kappa shape index (κ1) is 15.4. The van der Waals surface area contributed by atoms with E-state index in [2.05, 4.69) is 0 Å². The summed E-state index contributed by atoms with van der Waals surface area (Å²) in [5, 5.41) is 9.23. The lowest BCUT2D eigenvalue weighted by Crippen LogP contribution is -2.46. The van der Waals surface area contributed by atoms with Crippen LogP contribution in [0.1, 0.15) is 25.3 Å². The van der Waals surface area contributed by atoms with Gasteiger partial charge in [-0.3, -0.25) is 0 Å². The van der Waals surface area contributed by atoms with E-state index in [0.717, 1.165) is 12.5 Å². The highest BCUT2D eigenvalue weighted by Crippen LogP contribution is 2.28. The maximum absolute atomic E-state index is 13.6. The maximum atomic E-state index is 13.6. The van der Waals surface area contributed by atoms with Gasteiger partial charge in [-0.2, -0.15) is 4.31 Å². The van der Waals surface area contributed by atoms with Crippen LogP contribution in [0.15, 0.2) is 23.1 Å². The van der Waals surface area contributed by atoms with Gasteiger partial charge in [-0.1, -0.05) is 6.07 Å². The zero-order valence-electron chi connectivity index (χ0n) is 11.7. The number of sulfonamides is 1. The average Bonchev–Trinajstić information content (AvgIpc) is 2.42. The number of hydrogen-bond donors (Lipinski definition) is 1. The van der Waals surface area contributed by atoms with E-state index in [0.29, 0.717) is 12.0 Å². The van der Waals surface area contributed by atoms with Gasteiger partial charge in [0.25, 0.3) is 0 Å². The molecule has 0 saturated carbocycles. The number of hydrogen-bond acceptors (Lipinski definition) is 3. The van der Waals surface area contributed by atoms with Crippen LogP contribution in [0.5, 0.6) is 0 Å². The van der Waals surface area contributed by atoms with Gasteiger partial charge in [0.05, 0.1) is 4.90 Å². The van der Waals surface area contributed by atoms with E-state index >= 15 is 0 Å². The predicted octanol–water partition coefficient (Wildman–Crippen LogP) is 1.92. The van der Waals surface area contributed by atoms with Crippen molar-refractivity contribution in [1.29, 1.82) is 0 Å². The minimum Gasteiger partial charge on any atom is -0.396 e. The molecule has 1 saturated heterocycles. The molecule has 1 fully saturated rings. The summed E-state index contributed by atoms with van der Waals surface area (Å²) in [5.74, 6) is -0.564. The van der Waals surface area contributed by atoms with Crippen molar-refractivity contribution in [3.05, 3.63) is 29.6 Å². The normalized spacial score (nSPS) is 24.8. The lowest BCUT2D eigenvalue weighted by atomic mass is 9.96. The van der Waals surface area contributed by atoms with Crippen molar-refractivity contribution in [3.63, 3.8) is 0 Å². The Morgan fingerprint density at radius 3 is 2.70 bits per heavy atom. The van der Waals surface area contributed by atoms with Crippen molar-refractivity contribution in [2.45, 2.75) is 37.6 Å². The molecule has 1 aliphatic heterocycles. The van der Waals surface area contributed by atoms with Gasteiger partial charge in [0.15, 0.2) is 0 Å². The number of aryl methyl sites for hydroxylation is 1. The van der Waals surface area contributed by atoms with Crippen LogP contribution in [-0.4, -0.2) is 37.0 Å². The van der Waals surface area contributed by atoms with Crippen LogP contribution in [0.3, 0.4) is 0 Å². The summed E-state index contributed by atoms with van der Waals surface area (Å²) in [5.41, 5.74) is 0.420. The number of halogens is 1. The number of aliphatic hydroxyl groups is 1. The summed E-state index contributed by atoms with van der Waals surface area (Å²) in [6.45, 7) is 3.70. The topological polar surface area (TPSA) is 57.6 Å². The Kier molecular flexibility index (Phi) is 4.46. The van der Waals surface area contributed by atoms with E-state index in [1.54, 1.807) is 6.92 Å². The fourth-order valence-corrected chi connectivity index (χ4v) is 4.25. The van der Waals surface area contributed by atoms with Crippen molar-refractivity contribution in [2.24, 2.45) is 5.92 Å². The lowest BCUT2D eigenvalue weighted by molar-refractivity contribution is 0.139. The Morgan fingerprint density at radius 2 is 2.10 bits per heavy atom. The van der Waals surface area contributed by atoms with Gasteiger partial charge >= 0.3 is 0 Å². The van der Waals surface area contributed by atoms with Crippen molar-refractivity contribution in [3.8, 4) is 0 Å². The van der Waals surface area contributed by atoms with Gasteiger partial charge in [-0.25, -0.2) is 12.8 Å². The monoisotopic (exact) mass is 301 g/mol. The standard InChI is InChI=1S/C14H20FNO3S/c1-10-3-6-13(7-14(10)15)20(18,19)16-8-12(9-17)5-4-11(16)2/h3,6-7,11-12,17H,4-5,8-9H2,1-2H3. The zero-order chi connectivity index (χ0) is 14.9. The fourth-order valence-electron chi connectivity index (χ4n) is 2.50. The van der Waals surface area contributed by atoms with Crippen LogP contribution < -0.4 is 0 Å². The molecule has 2 atom stereocenters. The molecule has 1 aromatic carbocycles. The second-order valence-electron chi connectivity index (χ2n) is 5.46. The Bertz CT molecular complexity index is 588. The SMILES string of the molecule is Cc1ccc(S(=O)(=O)N2CC(CO)CCC2C)cc1F. The third-order valence-electron chi connectivity index (χ3n) is 3.93. The van der Waals surface area contributed by atoms with Gasteiger partial charge in [0, 0.05) is 19.2 Å². The molecule has 6 heteroatoms. The number of benzene rings is 1. The quantitative estimate of drug-likeness (QED) is 0.928. The second-order valence-corrected chi connectivity index (χ2v) is 7.35. The van der Waals surface area contributed by atoms with Crippen LogP contribution in [0.25, 0.3) is 0 Å². The van der Waals surface area contributed by atoms with Gasteiger partial charge in [-0.05, 0) is 50.3 Å². The molecular formula is C14H20FNO3S. The van der Waals surface area contributed by atoms with Crippen molar-refractivity contribution in [1.82, 2.24) is 4.31 Å². The van der Waals surface area contributed by atoms with Crippen LogP contribution in [0, 0.1) is 18.7 Å². The van der Waals surface area contributed by atoms with Gasteiger partial charge in [-0.15, -0.1) is 0 Å². The molecule has 0 aromatic heterocycles. The van der Waals surface area contributed by atoms with Gasteiger partial charge in [0.2, 0.25) is 10.0 Å². The minimum atomic E-state index is -3.71. The van der Waals surface area contributed by atoms with E-state index in [1.165, 1.54) is 16.4 Å². The van der Waals surface area contributed by atoms with Crippen LogP contribution >= 0.6 is 0 Å². The Morgan fingerprint density at radius 1 is 1.40 bits per heavy atom. The Balaban J connectivity index is 2.35. The first-order chi connectivity index (χ1) is 9.36. The van der Waals surface area contributed by atoms with E-state index in [-0.39, 0.29) is 30.0 Å². The largest absolute Gasteiger partial charge is 0.396 e. The first-order valence-corrected chi connectivity index (χ1v) is 8.19. The summed E-state index contributed by atoms with van der Waals surface area (Å²) < 4.78 is 40.2. The summed E-state index contributed by atoms with van der Waals surface area (Å²) in [6.07, 6.45) is 1.52. The molecule has 0 bridgehead atoms. The molecule has 0 spiro atoms. The average molecular weight is 301 g/mol. The molecule has 112 valence electrons. The van der Waals surface area contributed by atoms with Gasteiger partial charge in [0.1, 0.15) is 5.82 Å². The van der Waals surface area contributed by atoms with Gasteiger partial charge < -0.3 is 5.11 Å². The smallest absolute Gasteiger partial charge is 0.243 e. The zero-order valence-corrected chi connectivity index (χ0v) is 12.5. The highest BCUT2D eigenvalue weighted by molar-refractivity contribution is 7.89. The van der Waals surface area contributed by atoms with Crippen molar-refractivity contribution < 1.29 is 17.9 Å². The van der Waals surface area contributed by atoms with Crippen LogP contribution in [-0.2, 0) is 10.0 Å². The molecular weight excluding hydrogens is 281 g/mol. The fraction of sp³-hybridized carbons (Fsp3) is 0.571. The molecule has 0 radical (unpaired) electrons. The Hall–Kier alpha value is -0.980. The van der Waals surface area contributed by atoms with E-state index in [1.807, 2.05) is 6.92 Å². The van der Waals surface area contributed by atoms with Crippen molar-refractivity contribution in [2.75, 3.05) is 13.2 Å². The highest BCUT2D eigenvalue weighted by Gasteiger charge is 2.34. The molecule has 0 aliphatic carbocycles. The summed E-state index contributed by atoms with van der Waals surface area (Å²) in [6, 6.07) is 3.84. The van der Waals surface area contributed by atoms with Crippen LogP contribution in [0.2, 0.25) is 0 Å². The third kappa shape index (κ3) is 2.87. The highest BCUT2D eigenvalue weighted by atomic mass is 32.2. The molecule has 1 aromatic rings. The second kappa shape index (κ2) is 5.79. The summed E-state index contributed by atoms with van der Waals surface area (Å²) in [4.78, 5) is -0.0222. The van der Waals surface area contributed by atoms with E-state index < -0.39 is 15.8 Å². The molecule has 1 N–H and O–H groups in total. The van der Waals surface area contributed by atoms with Crippen LogP contribution in [0.4, 0.5) is 4.39 Å². The Labute approximate surface area is 119 Å². The molecule has 1 heterocycles. The summed E-state index contributed by atoms with van der Waals surface area (Å²) >= 11 is 0. The van der Waals surface area contributed by atoms with Crippen molar-refractivity contribution >= 4 is 10.0 Å². The van der Waals surface area contributed by atoms with E-state index in [9.17, 15) is 17.9 Å². The predicted molar refractivity (Wildman–Crippen MR) is 74.3 cm³/mol. The number of piperidine rings is 1. The third-order valence-corrected chi connectivity index (χ3v) is 5.91. The first-order valence-electron chi connectivity index (χ1n) is 6.75. The number of rotatable bonds is 3. The molecule has 2 rings (SSSR count). The summed E-state index contributed by atoms with van der Waals surface area (Å²) in [7, 11) is -3.71. The molecule has 1 aliphatic rings. The number of nitrogens with zero attached hydrogens (tertiary/aromatic N) is 1. The van der Waals surface area contributed by atoms with E-state index in [4.69, 9.17) is 0 Å². The molecule has 0 amide bonds. The minimum absolute atomic E-state index is 0.0222.